The van der Waals surface area contributed by atoms with Gasteiger partial charge in [0.2, 0.25) is 5.91 Å². The Morgan fingerprint density at radius 3 is 2.62 bits per heavy atom. The summed E-state index contributed by atoms with van der Waals surface area (Å²) in [6.07, 6.45) is -1.49. The quantitative estimate of drug-likeness (QED) is 0.719. The van der Waals surface area contributed by atoms with E-state index < -0.39 is 17.6 Å². The first-order chi connectivity index (χ1) is 13.9. The topological polar surface area (TPSA) is 65.4 Å². The van der Waals surface area contributed by atoms with Gasteiger partial charge < -0.3 is 14.8 Å². The van der Waals surface area contributed by atoms with Crippen LogP contribution < -0.4 is 14.8 Å². The Bertz CT molecular complexity index is 1030. The lowest BCUT2D eigenvalue weighted by atomic mass is 10.1. The molecule has 0 unspecified atom stereocenters. The van der Waals surface area contributed by atoms with Crippen molar-refractivity contribution in [2.75, 3.05) is 18.5 Å². The van der Waals surface area contributed by atoms with E-state index in [-0.39, 0.29) is 12.1 Å². The van der Waals surface area contributed by atoms with E-state index in [2.05, 4.69) is 10.4 Å². The summed E-state index contributed by atoms with van der Waals surface area (Å²) >= 11 is 0. The second kappa shape index (κ2) is 7.50. The van der Waals surface area contributed by atoms with Crippen molar-refractivity contribution in [3.63, 3.8) is 0 Å². The van der Waals surface area contributed by atoms with Crippen LogP contribution in [0.25, 0.3) is 5.69 Å². The molecule has 1 aliphatic heterocycles. The average molecular weight is 403 g/mol. The summed E-state index contributed by atoms with van der Waals surface area (Å²) in [6, 6.07) is 9.87. The van der Waals surface area contributed by atoms with Gasteiger partial charge in [-0.2, -0.15) is 18.3 Å². The van der Waals surface area contributed by atoms with Gasteiger partial charge in [0.15, 0.2) is 11.5 Å². The molecular formula is C20H16F3N3O3. The molecule has 0 bridgehead atoms. The number of hydrogen-bond donors (Lipinski definition) is 1. The molecule has 0 saturated carbocycles. The predicted octanol–water partition coefficient (Wildman–Crippen LogP) is 3.84. The SMILES string of the molecule is O=C(Cc1ccc2c(c1)OCCO2)Nc1cc(C(F)(F)F)ccc1-n1cccn1. The van der Waals surface area contributed by atoms with Crippen LogP contribution in [-0.4, -0.2) is 28.9 Å². The minimum Gasteiger partial charge on any atom is -0.486 e. The van der Waals surface area contributed by atoms with E-state index >= 15 is 0 Å². The van der Waals surface area contributed by atoms with Crippen molar-refractivity contribution < 1.29 is 27.4 Å². The zero-order valence-corrected chi connectivity index (χ0v) is 15.1. The third-order valence-electron chi connectivity index (χ3n) is 4.32. The zero-order chi connectivity index (χ0) is 20.4. The van der Waals surface area contributed by atoms with Crippen LogP contribution in [0.4, 0.5) is 18.9 Å². The number of nitrogens with zero attached hydrogens (tertiary/aromatic N) is 2. The van der Waals surface area contributed by atoms with Crippen LogP contribution in [0.5, 0.6) is 11.5 Å². The molecule has 0 radical (unpaired) electrons. The number of ether oxygens (including phenoxy) is 2. The maximum atomic E-state index is 13.1. The average Bonchev–Trinajstić information content (AvgIpc) is 3.21. The monoisotopic (exact) mass is 403 g/mol. The van der Waals surface area contributed by atoms with Gasteiger partial charge in [-0.05, 0) is 42.0 Å². The van der Waals surface area contributed by atoms with Gasteiger partial charge >= 0.3 is 6.18 Å². The lowest BCUT2D eigenvalue weighted by molar-refractivity contribution is -0.137. The Balaban J connectivity index is 1.58. The summed E-state index contributed by atoms with van der Waals surface area (Å²) in [5.41, 5.74) is 0.145. The normalized spacial score (nSPS) is 13.2. The first-order valence-corrected chi connectivity index (χ1v) is 8.80. The Hall–Kier alpha value is -3.49. The highest BCUT2D eigenvalue weighted by Crippen LogP contribution is 2.34. The number of halogens is 3. The van der Waals surface area contributed by atoms with Gasteiger partial charge in [-0.25, -0.2) is 4.68 Å². The van der Waals surface area contributed by atoms with Crippen molar-refractivity contribution in [3.05, 3.63) is 66.0 Å². The fraction of sp³-hybridized carbons (Fsp3) is 0.200. The molecule has 0 fully saturated rings. The van der Waals surface area contributed by atoms with Gasteiger partial charge in [-0.3, -0.25) is 4.79 Å². The first kappa shape index (κ1) is 18.9. The molecule has 1 N–H and O–H groups in total. The standard InChI is InChI=1S/C20H16F3N3O3/c21-20(22,23)14-3-4-16(26-7-1-6-24-26)15(12-14)25-19(27)11-13-2-5-17-18(10-13)29-9-8-28-17/h1-7,10,12H,8-9,11H2,(H,25,27). The summed E-state index contributed by atoms with van der Waals surface area (Å²) in [5.74, 6) is 0.673. The van der Waals surface area contributed by atoms with E-state index in [9.17, 15) is 18.0 Å². The molecule has 1 aliphatic rings. The fourth-order valence-electron chi connectivity index (χ4n) is 3.00. The minimum atomic E-state index is -4.53. The fourth-order valence-corrected chi connectivity index (χ4v) is 3.00. The van der Waals surface area contributed by atoms with Gasteiger partial charge in [-0.15, -0.1) is 0 Å². The molecule has 3 aromatic rings. The third kappa shape index (κ3) is 4.18. The number of carbonyl (C=O) groups excluding carboxylic acids is 1. The van der Waals surface area contributed by atoms with E-state index in [0.29, 0.717) is 36.0 Å². The molecule has 150 valence electrons. The number of alkyl halides is 3. The molecule has 0 aliphatic carbocycles. The smallest absolute Gasteiger partial charge is 0.416 e. The Morgan fingerprint density at radius 1 is 1.10 bits per heavy atom. The number of anilines is 1. The van der Waals surface area contributed by atoms with E-state index in [0.717, 1.165) is 12.1 Å². The second-order valence-electron chi connectivity index (χ2n) is 6.38. The number of hydrogen-bond acceptors (Lipinski definition) is 4. The van der Waals surface area contributed by atoms with Crippen LogP contribution in [-0.2, 0) is 17.4 Å². The molecule has 0 spiro atoms. The maximum Gasteiger partial charge on any atom is 0.416 e. The third-order valence-corrected chi connectivity index (χ3v) is 4.32. The van der Waals surface area contributed by atoms with E-state index in [1.165, 1.54) is 16.9 Å². The van der Waals surface area contributed by atoms with E-state index in [1.54, 1.807) is 30.5 Å². The van der Waals surface area contributed by atoms with Crippen molar-refractivity contribution in [2.24, 2.45) is 0 Å². The maximum absolute atomic E-state index is 13.1. The summed E-state index contributed by atoms with van der Waals surface area (Å²) < 4.78 is 51.7. The van der Waals surface area contributed by atoms with Crippen molar-refractivity contribution >= 4 is 11.6 Å². The largest absolute Gasteiger partial charge is 0.486 e. The van der Waals surface area contributed by atoms with Gasteiger partial charge in [0.25, 0.3) is 0 Å². The molecular weight excluding hydrogens is 387 g/mol. The number of carbonyl (C=O) groups is 1. The molecule has 29 heavy (non-hydrogen) atoms. The van der Waals surface area contributed by atoms with Gasteiger partial charge in [-0.1, -0.05) is 6.07 Å². The number of amides is 1. The number of rotatable bonds is 4. The van der Waals surface area contributed by atoms with Gasteiger partial charge in [0, 0.05) is 12.4 Å². The molecule has 9 heteroatoms. The number of benzene rings is 2. The lowest BCUT2D eigenvalue weighted by Gasteiger charge is -2.19. The lowest BCUT2D eigenvalue weighted by Crippen LogP contribution is -2.18. The molecule has 0 saturated heterocycles. The van der Waals surface area contributed by atoms with Crippen LogP contribution in [0.3, 0.4) is 0 Å². The van der Waals surface area contributed by atoms with Crippen molar-refractivity contribution in [2.45, 2.75) is 12.6 Å². The highest BCUT2D eigenvalue weighted by Gasteiger charge is 2.31. The highest BCUT2D eigenvalue weighted by molar-refractivity contribution is 5.94. The van der Waals surface area contributed by atoms with Crippen molar-refractivity contribution in [1.82, 2.24) is 9.78 Å². The highest BCUT2D eigenvalue weighted by atomic mass is 19.4. The van der Waals surface area contributed by atoms with Crippen LogP contribution in [0.1, 0.15) is 11.1 Å². The van der Waals surface area contributed by atoms with Gasteiger partial charge in [0.05, 0.1) is 23.4 Å². The Labute approximate surface area is 163 Å². The number of aromatic nitrogens is 2. The van der Waals surface area contributed by atoms with E-state index in [1.807, 2.05) is 0 Å². The summed E-state index contributed by atoms with van der Waals surface area (Å²) in [7, 11) is 0. The number of nitrogens with one attached hydrogen (secondary N) is 1. The van der Waals surface area contributed by atoms with Crippen LogP contribution in [0.15, 0.2) is 54.9 Å². The molecule has 1 amide bonds. The second-order valence-corrected chi connectivity index (χ2v) is 6.38. The van der Waals surface area contributed by atoms with E-state index in [4.69, 9.17) is 9.47 Å². The summed E-state index contributed by atoms with van der Waals surface area (Å²) in [4.78, 5) is 12.5. The first-order valence-electron chi connectivity index (χ1n) is 8.80. The van der Waals surface area contributed by atoms with Gasteiger partial charge in [0.1, 0.15) is 13.2 Å². The van der Waals surface area contributed by atoms with Crippen LogP contribution in [0, 0.1) is 0 Å². The molecule has 2 heterocycles. The summed E-state index contributed by atoms with van der Waals surface area (Å²) in [6.45, 7) is 0.874. The summed E-state index contributed by atoms with van der Waals surface area (Å²) in [5, 5.41) is 6.60. The predicted molar refractivity (Wildman–Crippen MR) is 98.3 cm³/mol. The number of fused-ring (bicyclic) bond motifs is 1. The zero-order valence-electron chi connectivity index (χ0n) is 15.1. The van der Waals surface area contributed by atoms with Crippen molar-refractivity contribution in [3.8, 4) is 17.2 Å². The van der Waals surface area contributed by atoms with Crippen LogP contribution >= 0.6 is 0 Å². The molecule has 2 aromatic carbocycles. The van der Waals surface area contributed by atoms with Crippen molar-refractivity contribution in [1.29, 1.82) is 0 Å². The molecule has 6 nitrogen and oxygen atoms in total. The molecule has 1 aromatic heterocycles. The minimum absolute atomic E-state index is 0.0195. The Morgan fingerprint density at radius 2 is 1.90 bits per heavy atom. The molecule has 4 rings (SSSR count). The molecule has 0 atom stereocenters. The van der Waals surface area contributed by atoms with Crippen LogP contribution in [0.2, 0.25) is 0 Å². The Kier molecular flexibility index (Phi) is 4.87.